The van der Waals surface area contributed by atoms with Crippen LogP contribution in [0, 0.1) is 11.3 Å². The maximum atomic E-state index is 8.34. The molecule has 0 N–H and O–H groups in total. The molecule has 0 aromatic rings. The van der Waals surface area contributed by atoms with Crippen LogP contribution in [0.2, 0.25) is 0 Å². The van der Waals surface area contributed by atoms with Gasteiger partial charge in [-0.15, -0.1) is 0 Å². The van der Waals surface area contributed by atoms with Crippen molar-refractivity contribution in [3.05, 3.63) is 0 Å². The summed E-state index contributed by atoms with van der Waals surface area (Å²) in [6.07, 6.45) is 0.410. The molecule has 0 amide bonds. The summed E-state index contributed by atoms with van der Waals surface area (Å²) in [6.45, 7) is 10.7. The number of hydrogen-bond acceptors (Lipinski definition) is 9. The van der Waals surface area contributed by atoms with E-state index in [0.717, 1.165) is 0 Å². The van der Waals surface area contributed by atoms with E-state index < -0.39 is 0 Å². The molecule has 0 aliphatic heterocycles. The van der Waals surface area contributed by atoms with Crippen LogP contribution < -0.4 is 0 Å². The van der Waals surface area contributed by atoms with E-state index >= 15 is 0 Å². The lowest BCUT2D eigenvalue weighted by atomic mass is 10.5. The summed E-state index contributed by atoms with van der Waals surface area (Å²) in [5.41, 5.74) is 0. The maximum Gasteiger partial charge on any atom is 0.0701 e. The number of nitrogens with zero attached hydrogens (tertiary/aromatic N) is 1. The summed E-state index contributed by atoms with van der Waals surface area (Å²) in [6, 6.07) is 2.01. The predicted molar refractivity (Wildman–Crippen MR) is 102 cm³/mol. The van der Waals surface area contributed by atoms with Gasteiger partial charge in [0.25, 0.3) is 0 Å². The topological polar surface area (TPSA) is 97.6 Å². The first-order valence-electron chi connectivity index (χ1n) is 9.90. The average molecular weight is 408 g/mol. The van der Waals surface area contributed by atoms with Gasteiger partial charge in [0, 0.05) is 6.61 Å². The number of ether oxygens (including phenoxy) is 8. The molecule has 166 valence electrons. The van der Waals surface area contributed by atoms with Crippen LogP contribution in [0.3, 0.4) is 0 Å². The van der Waals surface area contributed by atoms with Gasteiger partial charge in [-0.05, 0) is 6.92 Å². The molecule has 0 bridgehead atoms. The van der Waals surface area contributed by atoms with Crippen molar-refractivity contribution in [3.63, 3.8) is 0 Å². The van der Waals surface area contributed by atoms with E-state index in [1.165, 1.54) is 0 Å². The molecular formula is C19H37NO8. The second kappa shape index (κ2) is 26.2. The van der Waals surface area contributed by atoms with Crippen molar-refractivity contribution < 1.29 is 37.9 Å². The first kappa shape index (κ1) is 27.2. The van der Waals surface area contributed by atoms with Crippen LogP contribution in [0.4, 0.5) is 0 Å². The predicted octanol–water partition coefficient (Wildman–Crippen LogP) is 1.05. The van der Waals surface area contributed by atoms with E-state index in [-0.39, 0.29) is 0 Å². The van der Waals surface area contributed by atoms with Crippen LogP contribution in [-0.2, 0) is 37.9 Å². The number of rotatable bonds is 24. The van der Waals surface area contributed by atoms with Crippen molar-refractivity contribution in [2.75, 3.05) is 106 Å². The maximum absolute atomic E-state index is 8.34. The molecule has 0 fully saturated rings. The van der Waals surface area contributed by atoms with Crippen molar-refractivity contribution in [2.24, 2.45) is 0 Å². The van der Waals surface area contributed by atoms with Crippen molar-refractivity contribution in [2.45, 2.75) is 13.3 Å². The van der Waals surface area contributed by atoms with Gasteiger partial charge in [-0.25, -0.2) is 0 Å². The van der Waals surface area contributed by atoms with E-state index in [1.54, 1.807) is 0 Å². The standard InChI is InChI=1S/C19H37NO8/c1-2-21-6-7-23-10-11-25-14-15-27-18-19-28-17-16-26-13-12-24-9-8-22-5-3-4-20/h2-3,5-19H2,1H3. The highest BCUT2D eigenvalue weighted by molar-refractivity contribution is 4.66. The van der Waals surface area contributed by atoms with Crippen molar-refractivity contribution in [3.8, 4) is 6.07 Å². The monoisotopic (exact) mass is 407 g/mol. The van der Waals surface area contributed by atoms with Gasteiger partial charge in [-0.1, -0.05) is 0 Å². The molecule has 0 unspecified atom stereocenters. The van der Waals surface area contributed by atoms with Gasteiger partial charge in [0.1, 0.15) is 0 Å². The fourth-order valence-electron chi connectivity index (χ4n) is 1.80. The molecule has 28 heavy (non-hydrogen) atoms. The zero-order valence-corrected chi connectivity index (χ0v) is 17.2. The van der Waals surface area contributed by atoms with Crippen LogP contribution in [0.1, 0.15) is 13.3 Å². The molecule has 0 atom stereocenters. The Labute approximate surface area is 169 Å². The summed E-state index contributed by atoms with van der Waals surface area (Å²) in [5, 5.41) is 8.34. The van der Waals surface area contributed by atoms with Crippen molar-refractivity contribution in [1.29, 1.82) is 5.26 Å². The molecule has 0 saturated heterocycles. The zero-order chi connectivity index (χ0) is 20.4. The van der Waals surface area contributed by atoms with Crippen molar-refractivity contribution >= 4 is 0 Å². The van der Waals surface area contributed by atoms with Gasteiger partial charge in [0.15, 0.2) is 0 Å². The van der Waals surface area contributed by atoms with Gasteiger partial charge in [0.2, 0.25) is 0 Å². The second-order valence-electron chi connectivity index (χ2n) is 5.39. The third kappa shape index (κ3) is 25.2. The highest BCUT2D eigenvalue weighted by atomic mass is 16.6. The third-order valence-electron chi connectivity index (χ3n) is 3.17. The minimum Gasteiger partial charge on any atom is -0.379 e. The Balaban J connectivity index is 2.97. The molecule has 0 aromatic heterocycles. The normalized spacial score (nSPS) is 11.0. The fraction of sp³-hybridized carbons (Fsp3) is 0.947. The Hall–Kier alpha value is -0.830. The van der Waals surface area contributed by atoms with Gasteiger partial charge in [-0.2, -0.15) is 5.26 Å². The lowest BCUT2D eigenvalue weighted by Gasteiger charge is -2.08. The molecule has 0 rings (SSSR count). The van der Waals surface area contributed by atoms with Crippen LogP contribution in [0.5, 0.6) is 0 Å². The highest BCUT2D eigenvalue weighted by Gasteiger charge is 1.94. The van der Waals surface area contributed by atoms with Gasteiger partial charge < -0.3 is 37.9 Å². The molecule has 9 nitrogen and oxygen atoms in total. The highest BCUT2D eigenvalue weighted by Crippen LogP contribution is 1.86. The summed E-state index contributed by atoms with van der Waals surface area (Å²) in [5.74, 6) is 0. The number of nitriles is 1. The molecule has 0 spiro atoms. The Morgan fingerprint density at radius 2 is 0.679 bits per heavy atom. The molecule has 0 heterocycles. The van der Waals surface area contributed by atoms with Crippen molar-refractivity contribution in [1.82, 2.24) is 0 Å². The van der Waals surface area contributed by atoms with Gasteiger partial charge in [0.05, 0.1) is 112 Å². The van der Waals surface area contributed by atoms with E-state index in [9.17, 15) is 0 Å². The van der Waals surface area contributed by atoms with E-state index in [2.05, 4.69) is 0 Å². The summed E-state index contributed by atoms with van der Waals surface area (Å²) < 4.78 is 42.5. The quantitative estimate of drug-likeness (QED) is 0.217. The second-order valence-corrected chi connectivity index (χ2v) is 5.39. The molecule has 0 aliphatic rings. The van der Waals surface area contributed by atoms with Gasteiger partial charge in [-0.3, -0.25) is 0 Å². The summed E-state index contributed by atoms with van der Waals surface area (Å²) in [4.78, 5) is 0. The molecular weight excluding hydrogens is 370 g/mol. The molecule has 0 aliphatic carbocycles. The van der Waals surface area contributed by atoms with E-state index in [4.69, 9.17) is 43.2 Å². The van der Waals surface area contributed by atoms with Gasteiger partial charge >= 0.3 is 0 Å². The third-order valence-corrected chi connectivity index (χ3v) is 3.17. The minimum atomic E-state index is 0.410. The van der Waals surface area contributed by atoms with E-state index in [0.29, 0.717) is 112 Å². The first-order chi connectivity index (χ1) is 13.9. The van der Waals surface area contributed by atoms with Crippen LogP contribution in [0.15, 0.2) is 0 Å². The molecule has 0 aromatic carbocycles. The minimum absolute atomic E-state index is 0.410. The Morgan fingerprint density at radius 1 is 0.429 bits per heavy atom. The van der Waals surface area contributed by atoms with Crippen LogP contribution in [-0.4, -0.2) is 106 Å². The summed E-state index contributed by atoms with van der Waals surface area (Å²) >= 11 is 0. The average Bonchev–Trinajstić information content (AvgIpc) is 2.71. The lowest BCUT2D eigenvalue weighted by Crippen LogP contribution is -2.15. The van der Waals surface area contributed by atoms with Crippen LogP contribution in [0.25, 0.3) is 0 Å². The van der Waals surface area contributed by atoms with E-state index in [1.807, 2.05) is 13.0 Å². The Bertz CT molecular complexity index is 328. The smallest absolute Gasteiger partial charge is 0.0701 e. The summed E-state index contributed by atoms with van der Waals surface area (Å²) in [7, 11) is 0. The number of hydrogen-bond donors (Lipinski definition) is 0. The Kier molecular flexibility index (Phi) is 25.4. The lowest BCUT2D eigenvalue weighted by molar-refractivity contribution is -0.0227. The first-order valence-corrected chi connectivity index (χ1v) is 9.90. The largest absolute Gasteiger partial charge is 0.379 e. The SMILES string of the molecule is CCOCCOCCOCCOCCOCCOCCOCCOCCC#N. The zero-order valence-electron chi connectivity index (χ0n) is 17.2. The molecule has 0 radical (unpaired) electrons. The Morgan fingerprint density at radius 3 is 0.929 bits per heavy atom. The molecule has 9 heteroatoms. The fourth-order valence-corrected chi connectivity index (χ4v) is 1.80. The van der Waals surface area contributed by atoms with Crippen LogP contribution >= 0.6 is 0 Å². The molecule has 0 saturated carbocycles.